The van der Waals surface area contributed by atoms with Gasteiger partial charge >= 0.3 is 0 Å². The molecule has 0 aliphatic carbocycles. The maximum Gasteiger partial charge on any atom is 0.230 e. The summed E-state index contributed by atoms with van der Waals surface area (Å²) in [7, 11) is 1.97. The topological polar surface area (TPSA) is 50.2 Å². The van der Waals surface area contributed by atoms with E-state index in [1.807, 2.05) is 31.8 Å². The Balaban J connectivity index is 1.64. The van der Waals surface area contributed by atoms with Gasteiger partial charge < -0.3 is 9.88 Å². The zero-order valence-corrected chi connectivity index (χ0v) is 16.1. The number of hydrogen-bond acceptors (Lipinski definition) is 3. The van der Waals surface area contributed by atoms with Gasteiger partial charge in [0.25, 0.3) is 0 Å². The first kappa shape index (κ1) is 17.7. The molecule has 1 N–H and O–H groups in total. The first-order valence-corrected chi connectivity index (χ1v) is 9.52. The Morgan fingerprint density at radius 2 is 2.00 bits per heavy atom. The lowest BCUT2D eigenvalue weighted by Crippen LogP contribution is -2.43. The molecule has 0 fully saturated rings. The molecular formula is C22H26N4O. The Labute approximate surface area is 160 Å². The van der Waals surface area contributed by atoms with Gasteiger partial charge in [0.1, 0.15) is 0 Å². The second-order valence-electron chi connectivity index (χ2n) is 7.71. The number of hydrogen-bond donors (Lipinski definition) is 1. The third-order valence-electron chi connectivity index (χ3n) is 5.23. The summed E-state index contributed by atoms with van der Waals surface area (Å²) in [6, 6.07) is 15.0. The van der Waals surface area contributed by atoms with Crippen molar-refractivity contribution < 1.29 is 4.79 Å². The van der Waals surface area contributed by atoms with Crippen molar-refractivity contribution in [2.45, 2.75) is 38.9 Å². The van der Waals surface area contributed by atoms with Crippen LogP contribution >= 0.6 is 0 Å². The molecule has 1 aliphatic heterocycles. The lowest BCUT2D eigenvalue weighted by Gasteiger charge is -2.32. The van der Waals surface area contributed by atoms with Crippen LogP contribution in [0.3, 0.4) is 0 Å². The van der Waals surface area contributed by atoms with Crippen LogP contribution in [0.25, 0.3) is 10.8 Å². The fourth-order valence-electron chi connectivity index (χ4n) is 4.06. The van der Waals surface area contributed by atoms with E-state index in [1.54, 1.807) is 0 Å². The van der Waals surface area contributed by atoms with Gasteiger partial charge in [-0.3, -0.25) is 9.69 Å². The SMILES string of the molecule is CC(C)NC(=O)[C@@H]1CN(Cc2cccc3ccccc23)Cc2ncn(C)c21. The van der Waals surface area contributed by atoms with E-state index in [2.05, 4.69) is 57.7 Å². The number of aromatic nitrogens is 2. The van der Waals surface area contributed by atoms with Gasteiger partial charge in [-0.25, -0.2) is 4.98 Å². The van der Waals surface area contributed by atoms with Gasteiger partial charge in [-0.15, -0.1) is 0 Å². The monoisotopic (exact) mass is 362 g/mol. The molecule has 0 saturated heterocycles. The molecule has 5 heteroatoms. The summed E-state index contributed by atoms with van der Waals surface area (Å²) in [6.45, 7) is 6.28. The quantitative estimate of drug-likeness (QED) is 0.775. The summed E-state index contributed by atoms with van der Waals surface area (Å²) >= 11 is 0. The second-order valence-corrected chi connectivity index (χ2v) is 7.71. The minimum Gasteiger partial charge on any atom is -0.353 e. The summed E-state index contributed by atoms with van der Waals surface area (Å²) in [6.07, 6.45) is 1.82. The molecule has 0 unspecified atom stereocenters. The van der Waals surface area contributed by atoms with Crippen LogP contribution in [-0.2, 0) is 24.9 Å². The number of fused-ring (bicyclic) bond motifs is 2. The number of imidazole rings is 1. The van der Waals surface area contributed by atoms with Crippen molar-refractivity contribution in [3.63, 3.8) is 0 Å². The molecular weight excluding hydrogens is 336 g/mol. The molecule has 3 aromatic rings. The highest BCUT2D eigenvalue weighted by atomic mass is 16.2. The summed E-state index contributed by atoms with van der Waals surface area (Å²) in [5.41, 5.74) is 3.34. The third kappa shape index (κ3) is 3.47. The van der Waals surface area contributed by atoms with Crippen molar-refractivity contribution in [1.82, 2.24) is 19.8 Å². The lowest BCUT2D eigenvalue weighted by molar-refractivity contribution is -0.124. The molecule has 2 heterocycles. The molecule has 2 aromatic carbocycles. The summed E-state index contributed by atoms with van der Waals surface area (Å²) in [4.78, 5) is 19.8. The molecule has 1 atom stereocenters. The average molecular weight is 362 g/mol. The van der Waals surface area contributed by atoms with Crippen molar-refractivity contribution in [1.29, 1.82) is 0 Å². The zero-order chi connectivity index (χ0) is 19.0. The number of nitrogens with one attached hydrogen (secondary N) is 1. The standard InChI is InChI=1S/C22H26N4O/c1-15(2)24-22(27)19-12-26(13-20-21(19)25(3)14-23-20)11-17-9-6-8-16-7-4-5-10-18(16)17/h4-10,14-15,19H,11-13H2,1-3H3,(H,24,27)/t19-/m1/s1. The molecule has 1 amide bonds. The van der Waals surface area contributed by atoms with E-state index >= 15 is 0 Å². The van der Waals surface area contributed by atoms with Crippen LogP contribution in [0.2, 0.25) is 0 Å². The van der Waals surface area contributed by atoms with Crippen molar-refractivity contribution >= 4 is 16.7 Å². The third-order valence-corrected chi connectivity index (χ3v) is 5.23. The van der Waals surface area contributed by atoms with Crippen LogP contribution in [0.15, 0.2) is 48.8 Å². The van der Waals surface area contributed by atoms with Gasteiger partial charge in [0, 0.05) is 32.7 Å². The highest BCUT2D eigenvalue weighted by Gasteiger charge is 2.34. The molecule has 5 nitrogen and oxygen atoms in total. The van der Waals surface area contributed by atoms with Gasteiger partial charge in [-0.2, -0.15) is 0 Å². The van der Waals surface area contributed by atoms with Crippen molar-refractivity contribution in [2.75, 3.05) is 6.54 Å². The van der Waals surface area contributed by atoms with Crippen molar-refractivity contribution in [3.05, 3.63) is 65.7 Å². The van der Waals surface area contributed by atoms with Crippen LogP contribution < -0.4 is 5.32 Å². The second kappa shape index (κ2) is 7.16. The molecule has 0 radical (unpaired) electrons. The number of carbonyl (C=O) groups excluding carboxylic acids is 1. The average Bonchev–Trinajstić information content (AvgIpc) is 3.02. The summed E-state index contributed by atoms with van der Waals surface area (Å²) < 4.78 is 2.00. The molecule has 140 valence electrons. The van der Waals surface area contributed by atoms with E-state index in [4.69, 9.17) is 0 Å². The molecule has 27 heavy (non-hydrogen) atoms. The first-order valence-electron chi connectivity index (χ1n) is 9.52. The maximum absolute atomic E-state index is 12.9. The van der Waals surface area contributed by atoms with Crippen LogP contribution in [0.4, 0.5) is 0 Å². The smallest absolute Gasteiger partial charge is 0.230 e. The largest absolute Gasteiger partial charge is 0.353 e. The van der Waals surface area contributed by atoms with Gasteiger partial charge in [0.2, 0.25) is 5.91 Å². The number of rotatable bonds is 4. The van der Waals surface area contributed by atoms with E-state index in [9.17, 15) is 4.79 Å². The van der Waals surface area contributed by atoms with Gasteiger partial charge in [0.15, 0.2) is 0 Å². The summed E-state index contributed by atoms with van der Waals surface area (Å²) in [5, 5.41) is 5.60. The van der Waals surface area contributed by atoms with Crippen LogP contribution in [-0.4, -0.2) is 32.9 Å². The Bertz CT molecular complexity index is 970. The van der Waals surface area contributed by atoms with Crippen molar-refractivity contribution in [2.24, 2.45) is 7.05 Å². The Morgan fingerprint density at radius 3 is 2.81 bits per heavy atom. The van der Waals surface area contributed by atoms with E-state index in [-0.39, 0.29) is 17.9 Å². The van der Waals surface area contributed by atoms with Crippen LogP contribution in [0.5, 0.6) is 0 Å². The normalized spacial score (nSPS) is 17.3. The Hall–Kier alpha value is -2.66. The summed E-state index contributed by atoms with van der Waals surface area (Å²) in [5.74, 6) is -0.115. The molecule has 0 bridgehead atoms. The fraction of sp³-hybridized carbons (Fsp3) is 0.364. The Morgan fingerprint density at radius 1 is 1.22 bits per heavy atom. The highest BCUT2D eigenvalue weighted by molar-refractivity contribution is 5.86. The lowest BCUT2D eigenvalue weighted by atomic mass is 9.95. The number of benzene rings is 2. The molecule has 1 aromatic heterocycles. The fourth-order valence-corrected chi connectivity index (χ4v) is 4.06. The van der Waals surface area contributed by atoms with Gasteiger partial charge in [0.05, 0.1) is 23.6 Å². The number of nitrogens with zero attached hydrogens (tertiary/aromatic N) is 3. The molecule has 0 saturated carbocycles. The van der Waals surface area contributed by atoms with Crippen LogP contribution in [0.1, 0.15) is 36.7 Å². The molecule has 4 rings (SSSR count). The van der Waals surface area contributed by atoms with E-state index in [0.29, 0.717) is 6.54 Å². The van der Waals surface area contributed by atoms with E-state index in [0.717, 1.165) is 24.5 Å². The van der Waals surface area contributed by atoms with E-state index < -0.39 is 0 Å². The minimum atomic E-state index is -0.196. The number of aryl methyl sites for hydroxylation is 1. The molecule has 0 spiro atoms. The van der Waals surface area contributed by atoms with Crippen molar-refractivity contribution in [3.8, 4) is 0 Å². The number of amides is 1. The highest BCUT2D eigenvalue weighted by Crippen LogP contribution is 2.30. The van der Waals surface area contributed by atoms with Gasteiger partial charge in [-0.1, -0.05) is 42.5 Å². The predicted molar refractivity (Wildman–Crippen MR) is 107 cm³/mol. The number of carbonyl (C=O) groups is 1. The predicted octanol–water partition coefficient (Wildman–Crippen LogP) is 3.20. The van der Waals surface area contributed by atoms with Crippen LogP contribution in [0, 0.1) is 0 Å². The Kier molecular flexibility index (Phi) is 4.70. The first-order chi connectivity index (χ1) is 13.0. The molecule has 1 aliphatic rings. The minimum absolute atomic E-state index is 0.0810. The maximum atomic E-state index is 12.9. The zero-order valence-electron chi connectivity index (χ0n) is 16.1. The van der Waals surface area contributed by atoms with E-state index in [1.165, 1.54) is 16.3 Å². The van der Waals surface area contributed by atoms with Gasteiger partial charge in [-0.05, 0) is 30.2 Å².